The molecule has 0 spiro atoms. The zero-order valence-electron chi connectivity index (χ0n) is 12.7. The van der Waals surface area contributed by atoms with Crippen molar-refractivity contribution in [3.05, 3.63) is 0 Å². The minimum Gasteiger partial charge on any atom is -0.340 e. The summed E-state index contributed by atoms with van der Waals surface area (Å²) in [6.45, 7) is 7.50. The topological polar surface area (TPSA) is 32.3 Å². The van der Waals surface area contributed by atoms with E-state index in [1.54, 1.807) is 0 Å². The van der Waals surface area contributed by atoms with Crippen LogP contribution in [-0.2, 0) is 4.79 Å². The van der Waals surface area contributed by atoms with Gasteiger partial charge in [-0.05, 0) is 64.5 Å². The molecular formula is C16H30N2O. The number of amides is 1. The number of piperidine rings is 1. The molecule has 1 atom stereocenters. The molecule has 1 aliphatic carbocycles. The van der Waals surface area contributed by atoms with Crippen LogP contribution in [0.15, 0.2) is 0 Å². The fourth-order valence-corrected chi connectivity index (χ4v) is 3.54. The Hall–Kier alpha value is -0.570. The van der Waals surface area contributed by atoms with Crippen molar-refractivity contribution in [2.75, 3.05) is 19.6 Å². The minimum absolute atomic E-state index is 0.343. The number of carbonyl (C=O) groups excluding carboxylic acids is 1. The Labute approximate surface area is 118 Å². The lowest BCUT2D eigenvalue weighted by atomic mass is 9.97. The van der Waals surface area contributed by atoms with E-state index in [4.69, 9.17) is 0 Å². The number of rotatable bonds is 5. The molecule has 1 saturated heterocycles. The molecule has 1 saturated carbocycles. The molecule has 19 heavy (non-hydrogen) atoms. The smallest absolute Gasteiger partial charge is 0.223 e. The number of nitrogens with one attached hydrogen (secondary N) is 1. The number of carbonyl (C=O) groups is 1. The first-order chi connectivity index (χ1) is 9.16. The Balaban J connectivity index is 1.84. The zero-order valence-corrected chi connectivity index (χ0v) is 12.7. The Morgan fingerprint density at radius 1 is 1.16 bits per heavy atom. The summed E-state index contributed by atoms with van der Waals surface area (Å²) in [5.41, 5.74) is 0. The van der Waals surface area contributed by atoms with Gasteiger partial charge < -0.3 is 10.2 Å². The Bertz CT molecular complexity index is 278. The molecule has 110 valence electrons. The van der Waals surface area contributed by atoms with Crippen LogP contribution in [0.2, 0.25) is 0 Å². The molecule has 0 bridgehead atoms. The molecule has 1 aliphatic heterocycles. The lowest BCUT2D eigenvalue weighted by molar-refractivity contribution is -0.134. The van der Waals surface area contributed by atoms with Crippen LogP contribution in [0.5, 0.6) is 0 Å². The second-order valence-corrected chi connectivity index (χ2v) is 6.71. The first-order valence-electron chi connectivity index (χ1n) is 8.17. The normalized spacial score (nSPS) is 24.9. The Kier molecular flexibility index (Phi) is 5.68. The van der Waals surface area contributed by atoms with Crippen LogP contribution in [0.1, 0.15) is 58.8 Å². The summed E-state index contributed by atoms with van der Waals surface area (Å²) in [5.74, 6) is 1.72. The summed E-state index contributed by atoms with van der Waals surface area (Å²) in [7, 11) is 0. The van der Waals surface area contributed by atoms with Crippen molar-refractivity contribution in [1.82, 2.24) is 10.2 Å². The summed E-state index contributed by atoms with van der Waals surface area (Å²) < 4.78 is 0. The molecule has 3 nitrogen and oxygen atoms in total. The monoisotopic (exact) mass is 266 g/mol. The van der Waals surface area contributed by atoms with Crippen LogP contribution in [0.3, 0.4) is 0 Å². The van der Waals surface area contributed by atoms with E-state index in [1.807, 2.05) is 0 Å². The highest BCUT2D eigenvalue weighted by Crippen LogP contribution is 2.28. The molecule has 1 N–H and O–H groups in total. The van der Waals surface area contributed by atoms with Crippen LogP contribution in [0.25, 0.3) is 0 Å². The van der Waals surface area contributed by atoms with E-state index in [1.165, 1.54) is 38.5 Å². The third-order valence-corrected chi connectivity index (χ3v) is 4.74. The van der Waals surface area contributed by atoms with Gasteiger partial charge in [0, 0.05) is 19.0 Å². The molecule has 0 aromatic rings. The van der Waals surface area contributed by atoms with Gasteiger partial charge in [0.1, 0.15) is 0 Å². The highest BCUT2D eigenvalue weighted by Gasteiger charge is 2.26. The second-order valence-electron chi connectivity index (χ2n) is 6.71. The molecule has 1 amide bonds. The van der Waals surface area contributed by atoms with Crippen LogP contribution in [0, 0.1) is 11.8 Å². The molecule has 2 aliphatic rings. The number of hydrogen-bond donors (Lipinski definition) is 1. The van der Waals surface area contributed by atoms with E-state index in [0.29, 0.717) is 23.8 Å². The fraction of sp³-hybridized carbons (Fsp3) is 0.938. The summed E-state index contributed by atoms with van der Waals surface area (Å²) in [4.78, 5) is 14.7. The van der Waals surface area contributed by atoms with Gasteiger partial charge in [0.05, 0.1) is 0 Å². The Morgan fingerprint density at radius 2 is 1.84 bits per heavy atom. The van der Waals surface area contributed by atoms with Crippen LogP contribution >= 0.6 is 0 Å². The van der Waals surface area contributed by atoms with Crippen molar-refractivity contribution in [3.8, 4) is 0 Å². The van der Waals surface area contributed by atoms with Gasteiger partial charge in [-0.25, -0.2) is 0 Å². The average Bonchev–Trinajstić information content (AvgIpc) is 2.89. The predicted octanol–water partition coefficient (Wildman–Crippen LogP) is 2.80. The van der Waals surface area contributed by atoms with Crippen LogP contribution < -0.4 is 5.32 Å². The van der Waals surface area contributed by atoms with Gasteiger partial charge in [0.25, 0.3) is 0 Å². The summed E-state index contributed by atoms with van der Waals surface area (Å²) in [5, 5.41) is 3.45. The first-order valence-corrected chi connectivity index (χ1v) is 8.17. The predicted molar refractivity (Wildman–Crippen MR) is 79.0 cm³/mol. The molecule has 2 rings (SSSR count). The van der Waals surface area contributed by atoms with E-state index in [9.17, 15) is 4.79 Å². The molecular weight excluding hydrogens is 236 g/mol. The molecule has 2 fully saturated rings. The maximum atomic E-state index is 12.5. The number of hydrogen-bond acceptors (Lipinski definition) is 2. The van der Waals surface area contributed by atoms with Crippen molar-refractivity contribution >= 4 is 5.91 Å². The molecule has 0 aromatic carbocycles. The van der Waals surface area contributed by atoms with Gasteiger partial charge in [-0.2, -0.15) is 0 Å². The van der Waals surface area contributed by atoms with Crippen molar-refractivity contribution in [2.45, 2.75) is 64.8 Å². The SMILES string of the molecule is CC(C)N(CC1CCCNC1)C(=O)CC1CCCC1. The molecule has 1 heterocycles. The molecule has 3 heteroatoms. The zero-order chi connectivity index (χ0) is 13.7. The third-order valence-electron chi connectivity index (χ3n) is 4.74. The van der Waals surface area contributed by atoms with Crippen molar-refractivity contribution in [2.24, 2.45) is 11.8 Å². The third kappa shape index (κ3) is 4.48. The van der Waals surface area contributed by atoms with E-state index >= 15 is 0 Å². The average molecular weight is 266 g/mol. The lowest BCUT2D eigenvalue weighted by Gasteiger charge is -2.33. The minimum atomic E-state index is 0.343. The van der Waals surface area contributed by atoms with Gasteiger partial charge in [0.2, 0.25) is 5.91 Å². The van der Waals surface area contributed by atoms with E-state index in [0.717, 1.165) is 26.1 Å². The van der Waals surface area contributed by atoms with E-state index in [-0.39, 0.29) is 0 Å². The maximum Gasteiger partial charge on any atom is 0.223 e. The van der Waals surface area contributed by atoms with Gasteiger partial charge in [0.15, 0.2) is 0 Å². The largest absolute Gasteiger partial charge is 0.340 e. The van der Waals surface area contributed by atoms with Gasteiger partial charge in [-0.15, -0.1) is 0 Å². The molecule has 0 radical (unpaired) electrons. The molecule has 1 unspecified atom stereocenters. The van der Waals surface area contributed by atoms with Crippen molar-refractivity contribution in [3.63, 3.8) is 0 Å². The standard InChI is InChI=1S/C16H30N2O/c1-13(2)18(12-15-8-5-9-17-11-15)16(19)10-14-6-3-4-7-14/h13-15,17H,3-12H2,1-2H3. The summed E-state index contributed by atoms with van der Waals surface area (Å²) >= 11 is 0. The lowest BCUT2D eigenvalue weighted by Crippen LogP contribution is -2.44. The van der Waals surface area contributed by atoms with Gasteiger partial charge in [-0.1, -0.05) is 12.8 Å². The fourth-order valence-electron chi connectivity index (χ4n) is 3.54. The van der Waals surface area contributed by atoms with Crippen molar-refractivity contribution in [1.29, 1.82) is 0 Å². The summed E-state index contributed by atoms with van der Waals surface area (Å²) in [6, 6.07) is 0.343. The van der Waals surface area contributed by atoms with Crippen LogP contribution in [0.4, 0.5) is 0 Å². The summed E-state index contributed by atoms with van der Waals surface area (Å²) in [6.07, 6.45) is 8.50. The second kappa shape index (κ2) is 7.28. The quantitative estimate of drug-likeness (QED) is 0.830. The van der Waals surface area contributed by atoms with Gasteiger partial charge >= 0.3 is 0 Å². The van der Waals surface area contributed by atoms with E-state index < -0.39 is 0 Å². The maximum absolute atomic E-state index is 12.5. The Morgan fingerprint density at radius 3 is 2.42 bits per heavy atom. The molecule has 0 aromatic heterocycles. The van der Waals surface area contributed by atoms with Gasteiger partial charge in [-0.3, -0.25) is 4.79 Å². The highest BCUT2D eigenvalue weighted by molar-refractivity contribution is 5.76. The highest BCUT2D eigenvalue weighted by atomic mass is 16.2. The van der Waals surface area contributed by atoms with E-state index in [2.05, 4.69) is 24.1 Å². The van der Waals surface area contributed by atoms with Crippen LogP contribution in [-0.4, -0.2) is 36.5 Å². The first kappa shape index (κ1) is 14.8. The number of nitrogens with zero attached hydrogens (tertiary/aromatic N) is 1. The van der Waals surface area contributed by atoms with Crippen molar-refractivity contribution < 1.29 is 4.79 Å².